The second-order valence-corrected chi connectivity index (χ2v) is 2.62. The van der Waals surface area contributed by atoms with Crippen molar-refractivity contribution in [3.05, 3.63) is 40.7 Å². The Kier molecular flexibility index (Phi) is 2.47. The van der Waals surface area contributed by atoms with Crippen LogP contribution in [0.4, 0.5) is 4.39 Å². The standard InChI is InChI=1S/C8H7ClFO/c1-5(11)6-2-3-8(10)7(9)4-6/h2-4,11H,1H3. The van der Waals surface area contributed by atoms with E-state index in [9.17, 15) is 4.39 Å². The molecule has 59 valence electrons. The third-order valence-electron chi connectivity index (χ3n) is 1.34. The second kappa shape index (κ2) is 3.20. The predicted octanol–water partition coefficient (Wildman–Crippen LogP) is 2.75. The molecule has 3 heteroatoms. The maximum atomic E-state index is 12.5. The number of hydrogen-bond donors (Lipinski definition) is 1. The molecule has 0 unspecified atom stereocenters. The minimum absolute atomic E-state index is 0.0240. The Labute approximate surface area is 69.4 Å². The molecule has 0 heterocycles. The van der Waals surface area contributed by atoms with E-state index in [2.05, 4.69) is 0 Å². The first-order valence-corrected chi connectivity index (χ1v) is 3.47. The molecule has 0 aliphatic carbocycles. The number of rotatable bonds is 1. The zero-order valence-corrected chi connectivity index (χ0v) is 6.69. The van der Waals surface area contributed by atoms with Gasteiger partial charge in [-0.2, -0.15) is 0 Å². The van der Waals surface area contributed by atoms with E-state index < -0.39 is 5.82 Å². The molecule has 0 aliphatic rings. The molecule has 0 bridgehead atoms. The van der Waals surface area contributed by atoms with Crippen LogP contribution in [0.1, 0.15) is 12.5 Å². The number of halogens is 2. The average molecular weight is 174 g/mol. The smallest absolute Gasteiger partial charge is 0.141 e. The number of hydrogen-bond acceptors (Lipinski definition) is 1. The fraction of sp³-hybridized carbons (Fsp3) is 0.125. The number of benzene rings is 1. The summed E-state index contributed by atoms with van der Waals surface area (Å²) in [5.74, 6) is -0.475. The molecule has 1 radical (unpaired) electrons. The molecule has 1 rings (SSSR count). The molecule has 11 heavy (non-hydrogen) atoms. The van der Waals surface area contributed by atoms with Gasteiger partial charge in [0.15, 0.2) is 0 Å². The Bertz CT molecular complexity index is 260. The van der Waals surface area contributed by atoms with Gasteiger partial charge in [0.2, 0.25) is 0 Å². The first-order valence-electron chi connectivity index (χ1n) is 3.09. The maximum Gasteiger partial charge on any atom is 0.141 e. The average Bonchev–Trinajstić information content (AvgIpc) is 1.94. The lowest BCUT2D eigenvalue weighted by Crippen LogP contribution is -1.92. The highest BCUT2D eigenvalue weighted by Gasteiger charge is 2.04. The van der Waals surface area contributed by atoms with Gasteiger partial charge in [-0.3, -0.25) is 0 Å². The molecule has 1 nitrogen and oxygen atoms in total. The van der Waals surface area contributed by atoms with Crippen molar-refractivity contribution in [2.24, 2.45) is 0 Å². The molecule has 0 saturated heterocycles. The van der Waals surface area contributed by atoms with Gasteiger partial charge in [0.05, 0.1) is 5.02 Å². The van der Waals surface area contributed by atoms with Crippen molar-refractivity contribution in [1.82, 2.24) is 0 Å². The van der Waals surface area contributed by atoms with Crippen LogP contribution in [0.2, 0.25) is 5.02 Å². The summed E-state index contributed by atoms with van der Waals surface area (Å²) in [6.45, 7) is 1.52. The van der Waals surface area contributed by atoms with Crippen molar-refractivity contribution < 1.29 is 9.50 Å². The van der Waals surface area contributed by atoms with Crippen LogP contribution in [-0.2, 0) is 0 Å². The van der Waals surface area contributed by atoms with Crippen LogP contribution in [0, 0.1) is 11.9 Å². The molecule has 1 aromatic carbocycles. The van der Waals surface area contributed by atoms with Crippen molar-refractivity contribution in [1.29, 1.82) is 0 Å². The summed E-state index contributed by atoms with van der Waals surface area (Å²) in [7, 11) is 0. The van der Waals surface area contributed by atoms with Gasteiger partial charge in [-0.05, 0) is 24.6 Å². The summed E-state index contributed by atoms with van der Waals surface area (Å²) in [5, 5.41) is 9.00. The lowest BCUT2D eigenvalue weighted by Gasteiger charge is -2.02. The molecule has 0 amide bonds. The van der Waals surface area contributed by atoms with Crippen LogP contribution in [0.25, 0.3) is 0 Å². The van der Waals surface area contributed by atoms with Crippen molar-refractivity contribution in [2.45, 2.75) is 6.92 Å². The van der Waals surface area contributed by atoms with Gasteiger partial charge in [-0.25, -0.2) is 4.39 Å². The SMILES string of the molecule is C[C](O)c1ccc(F)c(Cl)c1. The minimum atomic E-state index is -0.475. The molecule has 1 N–H and O–H groups in total. The van der Waals surface area contributed by atoms with E-state index in [1.807, 2.05) is 0 Å². The zero-order chi connectivity index (χ0) is 8.43. The van der Waals surface area contributed by atoms with Crippen LogP contribution >= 0.6 is 11.6 Å². The molecule has 1 aromatic rings. The summed E-state index contributed by atoms with van der Waals surface area (Å²) in [6.07, 6.45) is 0.131. The predicted molar refractivity (Wildman–Crippen MR) is 41.4 cm³/mol. The molecule has 0 spiro atoms. The topological polar surface area (TPSA) is 20.2 Å². The third-order valence-corrected chi connectivity index (χ3v) is 1.63. The molecule has 0 atom stereocenters. The van der Waals surface area contributed by atoms with E-state index in [4.69, 9.17) is 16.7 Å². The van der Waals surface area contributed by atoms with Gasteiger partial charge in [-0.1, -0.05) is 17.7 Å². The van der Waals surface area contributed by atoms with Crippen LogP contribution < -0.4 is 0 Å². The quantitative estimate of drug-likeness (QED) is 0.693. The molecular formula is C8H7ClFO. The Morgan fingerprint density at radius 1 is 1.55 bits per heavy atom. The summed E-state index contributed by atoms with van der Waals surface area (Å²) in [6, 6.07) is 4.07. The number of aliphatic hydroxyl groups is 1. The van der Waals surface area contributed by atoms with Crippen LogP contribution in [-0.4, -0.2) is 5.11 Å². The highest BCUT2D eigenvalue weighted by molar-refractivity contribution is 6.30. The van der Waals surface area contributed by atoms with Crippen molar-refractivity contribution in [3.63, 3.8) is 0 Å². The van der Waals surface area contributed by atoms with Gasteiger partial charge in [0.1, 0.15) is 11.9 Å². The maximum absolute atomic E-state index is 12.5. The number of aliphatic hydroxyl groups excluding tert-OH is 1. The molecule has 0 aliphatic heterocycles. The summed E-state index contributed by atoms with van der Waals surface area (Å²) in [5.41, 5.74) is 0.538. The highest BCUT2D eigenvalue weighted by Crippen LogP contribution is 2.19. The van der Waals surface area contributed by atoms with Crippen LogP contribution in [0.15, 0.2) is 18.2 Å². The molecule has 0 saturated carbocycles. The fourth-order valence-electron chi connectivity index (χ4n) is 0.721. The van der Waals surface area contributed by atoms with Gasteiger partial charge in [0, 0.05) is 0 Å². The third kappa shape index (κ3) is 1.91. The Balaban J connectivity index is 3.05. The van der Waals surface area contributed by atoms with Crippen molar-refractivity contribution >= 4 is 11.6 Å². The summed E-state index contributed by atoms with van der Waals surface area (Å²) < 4.78 is 12.5. The summed E-state index contributed by atoms with van der Waals surface area (Å²) in [4.78, 5) is 0. The first-order chi connectivity index (χ1) is 5.11. The van der Waals surface area contributed by atoms with Gasteiger partial charge in [-0.15, -0.1) is 0 Å². The first kappa shape index (κ1) is 8.50. The van der Waals surface area contributed by atoms with E-state index in [-0.39, 0.29) is 11.1 Å². The highest BCUT2D eigenvalue weighted by atomic mass is 35.5. The molecular weight excluding hydrogens is 167 g/mol. The van der Waals surface area contributed by atoms with Gasteiger partial charge in [0.25, 0.3) is 0 Å². The molecule has 0 fully saturated rings. The largest absolute Gasteiger partial charge is 0.382 e. The fourth-order valence-corrected chi connectivity index (χ4v) is 0.902. The van der Waals surface area contributed by atoms with Gasteiger partial charge >= 0.3 is 0 Å². The monoisotopic (exact) mass is 173 g/mol. The van der Waals surface area contributed by atoms with Crippen molar-refractivity contribution in [2.75, 3.05) is 0 Å². The van der Waals surface area contributed by atoms with E-state index in [1.54, 1.807) is 0 Å². The van der Waals surface area contributed by atoms with E-state index >= 15 is 0 Å². The van der Waals surface area contributed by atoms with Crippen molar-refractivity contribution in [3.8, 4) is 0 Å². The van der Waals surface area contributed by atoms with Gasteiger partial charge < -0.3 is 5.11 Å². The van der Waals surface area contributed by atoms with E-state index in [0.717, 1.165) is 0 Å². The Morgan fingerprint density at radius 3 is 2.64 bits per heavy atom. The normalized spacial score (nSPS) is 10.6. The lowest BCUT2D eigenvalue weighted by molar-refractivity contribution is 0.341. The molecule has 0 aromatic heterocycles. The van der Waals surface area contributed by atoms with Crippen LogP contribution in [0.3, 0.4) is 0 Å². The summed E-state index contributed by atoms with van der Waals surface area (Å²) >= 11 is 5.46. The van der Waals surface area contributed by atoms with E-state index in [0.29, 0.717) is 5.56 Å². The lowest BCUT2D eigenvalue weighted by atomic mass is 10.1. The zero-order valence-electron chi connectivity index (χ0n) is 5.94. The Hall–Kier alpha value is -0.600. The minimum Gasteiger partial charge on any atom is -0.382 e. The second-order valence-electron chi connectivity index (χ2n) is 2.21. The van der Waals surface area contributed by atoms with Crippen LogP contribution in [0.5, 0.6) is 0 Å². The Morgan fingerprint density at radius 2 is 2.18 bits per heavy atom. The van der Waals surface area contributed by atoms with E-state index in [1.165, 1.54) is 25.1 Å².